The molecule has 0 unspecified atom stereocenters. The van der Waals surface area contributed by atoms with Crippen molar-refractivity contribution >= 4 is 32.6 Å². The number of carbonyl (C=O) groups is 1. The molecule has 1 aliphatic heterocycles. The topological polar surface area (TPSA) is 90.6 Å². The van der Waals surface area contributed by atoms with Crippen LogP contribution in [-0.4, -0.2) is 42.2 Å². The Kier molecular flexibility index (Phi) is 5.70. The van der Waals surface area contributed by atoms with Gasteiger partial charge in [0.15, 0.2) is 16.6 Å². The molecule has 5 rings (SSSR count). The molecular weight excluding hydrogens is 424 g/mol. The van der Waals surface area contributed by atoms with Crippen LogP contribution in [0.4, 0.5) is 5.13 Å². The summed E-state index contributed by atoms with van der Waals surface area (Å²) in [4.78, 5) is 24.0. The Morgan fingerprint density at radius 1 is 1.00 bits per heavy atom. The summed E-state index contributed by atoms with van der Waals surface area (Å²) < 4.78 is 12.2. The zero-order valence-electron chi connectivity index (χ0n) is 17.4. The van der Waals surface area contributed by atoms with Crippen LogP contribution in [0.15, 0.2) is 60.9 Å². The van der Waals surface area contributed by atoms with E-state index in [0.717, 1.165) is 21.3 Å². The molecule has 0 radical (unpaired) electrons. The normalized spacial score (nSPS) is 12.7. The van der Waals surface area contributed by atoms with Crippen LogP contribution in [-0.2, 0) is 0 Å². The molecular formula is C24H22N4O3S. The van der Waals surface area contributed by atoms with Crippen molar-refractivity contribution in [2.24, 2.45) is 5.73 Å². The summed E-state index contributed by atoms with van der Waals surface area (Å²) >= 11 is 1.50. The molecule has 2 aromatic heterocycles. The molecule has 1 amide bonds. The van der Waals surface area contributed by atoms with Crippen molar-refractivity contribution in [2.45, 2.75) is 6.42 Å². The summed E-state index contributed by atoms with van der Waals surface area (Å²) in [5.74, 6) is 1.11. The summed E-state index contributed by atoms with van der Waals surface area (Å²) in [7, 11) is 0. The summed E-state index contributed by atoms with van der Waals surface area (Å²) in [6, 6.07) is 15.4. The number of hydrogen-bond acceptors (Lipinski definition) is 7. The zero-order valence-corrected chi connectivity index (χ0v) is 18.2. The minimum absolute atomic E-state index is 0.135. The number of carbonyl (C=O) groups excluding carboxylic acids is 1. The Hall–Kier alpha value is -3.49. The van der Waals surface area contributed by atoms with E-state index in [4.69, 9.17) is 20.2 Å². The molecule has 0 bridgehead atoms. The molecule has 7 nitrogen and oxygen atoms in total. The number of nitrogens with two attached hydrogens (primary N) is 1. The van der Waals surface area contributed by atoms with Crippen molar-refractivity contribution in [3.05, 3.63) is 66.5 Å². The van der Waals surface area contributed by atoms with Crippen LogP contribution < -0.4 is 20.1 Å². The lowest BCUT2D eigenvalue weighted by Crippen LogP contribution is -2.33. The Morgan fingerprint density at radius 2 is 1.81 bits per heavy atom. The highest BCUT2D eigenvalue weighted by atomic mass is 32.1. The molecule has 2 N–H and O–H groups in total. The third-order valence-electron chi connectivity index (χ3n) is 5.24. The predicted molar refractivity (Wildman–Crippen MR) is 126 cm³/mol. The first-order valence-corrected chi connectivity index (χ1v) is 11.3. The van der Waals surface area contributed by atoms with Crippen LogP contribution in [0.2, 0.25) is 0 Å². The van der Waals surface area contributed by atoms with E-state index < -0.39 is 0 Å². The molecule has 0 aliphatic carbocycles. The Morgan fingerprint density at radius 3 is 2.62 bits per heavy atom. The Labute approximate surface area is 189 Å². The van der Waals surface area contributed by atoms with Crippen molar-refractivity contribution in [1.82, 2.24) is 9.97 Å². The van der Waals surface area contributed by atoms with Gasteiger partial charge in [0.2, 0.25) is 0 Å². The molecule has 2 aromatic carbocycles. The second kappa shape index (κ2) is 8.94. The number of benzene rings is 2. The van der Waals surface area contributed by atoms with Crippen LogP contribution in [0.25, 0.3) is 21.3 Å². The predicted octanol–water partition coefficient (Wildman–Crippen LogP) is 4.13. The standard InChI is InChI=1S/C24H22N4O3S/c25-8-1-11-28(23(29)18-3-5-20-21(14-18)31-13-12-30-20)24-27-19-4-2-17(15-22(19)32-24)16-6-9-26-10-7-16/h2-7,9-10,14-15H,1,8,11-13,25H2. The zero-order chi connectivity index (χ0) is 21.9. The fourth-order valence-corrected chi connectivity index (χ4v) is 4.65. The number of ether oxygens (including phenoxy) is 2. The van der Waals surface area contributed by atoms with Gasteiger partial charge in [-0.15, -0.1) is 0 Å². The maximum Gasteiger partial charge on any atom is 0.260 e. The summed E-state index contributed by atoms with van der Waals surface area (Å²) in [5.41, 5.74) is 9.31. The number of hydrogen-bond donors (Lipinski definition) is 1. The highest BCUT2D eigenvalue weighted by Gasteiger charge is 2.23. The molecule has 162 valence electrons. The van der Waals surface area contributed by atoms with Crippen LogP contribution in [0.5, 0.6) is 11.5 Å². The van der Waals surface area contributed by atoms with E-state index >= 15 is 0 Å². The number of fused-ring (bicyclic) bond motifs is 2. The molecule has 1 aliphatic rings. The minimum atomic E-state index is -0.135. The number of aromatic nitrogens is 2. The number of pyridine rings is 1. The van der Waals surface area contributed by atoms with E-state index in [1.165, 1.54) is 11.3 Å². The van der Waals surface area contributed by atoms with Crippen molar-refractivity contribution < 1.29 is 14.3 Å². The van der Waals surface area contributed by atoms with E-state index in [0.29, 0.717) is 54.9 Å². The highest BCUT2D eigenvalue weighted by molar-refractivity contribution is 7.22. The molecule has 3 heterocycles. The second-order valence-corrected chi connectivity index (χ2v) is 8.38. The summed E-state index contributed by atoms with van der Waals surface area (Å²) in [6.07, 6.45) is 4.23. The van der Waals surface area contributed by atoms with Gasteiger partial charge in [-0.05, 0) is 66.6 Å². The van der Waals surface area contributed by atoms with Crippen molar-refractivity contribution in [3.8, 4) is 22.6 Å². The first-order chi connectivity index (χ1) is 15.7. The fraction of sp³-hybridized carbons (Fsp3) is 0.208. The van der Waals surface area contributed by atoms with Crippen LogP contribution in [0, 0.1) is 0 Å². The summed E-state index contributed by atoms with van der Waals surface area (Å²) in [5, 5.41) is 0.653. The van der Waals surface area contributed by atoms with E-state index in [1.807, 2.05) is 24.3 Å². The maximum atomic E-state index is 13.5. The smallest absolute Gasteiger partial charge is 0.260 e. The largest absolute Gasteiger partial charge is 0.486 e. The monoisotopic (exact) mass is 446 g/mol. The lowest BCUT2D eigenvalue weighted by atomic mass is 10.1. The minimum Gasteiger partial charge on any atom is -0.486 e. The lowest BCUT2D eigenvalue weighted by molar-refractivity contribution is 0.0985. The van der Waals surface area contributed by atoms with Crippen molar-refractivity contribution in [2.75, 3.05) is 31.2 Å². The van der Waals surface area contributed by atoms with Gasteiger partial charge < -0.3 is 15.2 Å². The van der Waals surface area contributed by atoms with Gasteiger partial charge >= 0.3 is 0 Å². The van der Waals surface area contributed by atoms with Gasteiger partial charge in [0.1, 0.15) is 13.2 Å². The van der Waals surface area contributed by atoms with E-state index in [2.05, 4.69) is 11.1 Å². The molecule has 0 atom stereocenters. The van der Waals surface area contributed by atoms with Gasteiger partial charge in [-0.25, -0.2) is 4.98 Å². The maximum absolute atomic E-state index is 13.5. The number of thiazole rings is 1. The molecule has 0 spiro atoms. The average Bonchev–Trinajstić information content (AvgIpc) is 3.27. The Balaban J connectivity index is 1.49. The van der Waals surface area contributed by atoms with Gasteiger partial charge in [-0.1, -0.05) is 17.4 Å². The average molecular weight is 447 g/mol. The molecule has 8 heteroatoms. The van der Waals surface area contributed by atoms with Gasteiger partial charge in [0.05, 0.1) is 10.2 Å². The quantitative estimate of drug-likeness (QED) is 0.479. The highest BCUT2D eigenvalue weighted by Crippen LogP contribution is 2.35. The van der Waals surface area contributed by atoms with E-state index in [1.54, 1.807) is 35.5 Å². The SMILES string of the molecule is NCCCN(C(=O)c1ccc2c(c1)OCCO2)c1nc2ccc(-c3ccncc3)cc2s1. The molecule has 0 fully saturated rings. The van der Waals surface area contributed by atoms with E-state index in [9.17, 15) is 4.79 Å². The van der Waals surface area contributed by atoms with Crippen LogP contribution in [0.3, 0.4) is 0 Å². The number of nitrogens with zero attached hydrogens (tertiary/aromatic N) is 3. The molecule has 32 heavy (non-hydrogen) atoms. The number of rotatable bonds is 6. The van der Waals surface area contributed by atoms with Crippen molar-refractivity contribution in [3.63, 3.8) is 0 Å². The third-order valence-corrected chi connectivity index (χ3v) is 6.28. The molecule has 4 aromatic rings. The molecule has 0 saturated heterocycles. The van der Waals surface area contributed by atoms with E-state index in [-0.39, 0.29) is 5.91 Å². The van der Waals surface area contributed by atoms with Crippen LogP contribution >= 0.6 is 11.3 Å². The van der Waals surface area contributed by atoms with Gasteiger partial charge in [-0.2, -0.15) is 0 Å². The Bertz CT molecular complexity index is 1260. The van der Waals surface area contributed by atoms with Gasteiger partial charge in [0, 0.05) is 24.5 Å². The van der Waals surface area contributed by atoms with Gasteiger partial charge in [-0.3, -0.25) is 14.7 Å². The molecule has 0 saturated carbocycles. The third kappa shape index (κ3) is 4.02. The van der Waals surface area contributed by atoms with Crippen LogP contribution in [0.1, 0.15) is 16.8 Å². The first-order valence-electron chi connectivity index (χ1n) is 10.5. The fourth-order valence-electron chi connectivity index (χ4n) is 3.62. The first kappa shape index (κ1) is 20.4. The van der Waals surface area contributed by atoms with Gasteiger partial charge in [0.25, 0.3) is 5.91 Å². The number of amides is 1. The lowest BCUT2D eigenvalue weighted by Gasteiger charge is -2.22. The van der Waals surface area contributed by atoms with Crippen molar-refractivity contribution in [1.29, 1.82) is 0 Å². The number of anilines is 1. The summed E-state index contributed by atoms with van der Waals surface area (Å²) in [6.45, 7) is 1.96. The second-order valence-electron chi connectivity index (χ2n) is 7.37.